The Balaban J connectivity index is 1.71. The average molecular weight is 280 g/mol. The van der Waals surface area contributed by atoms with E-state index in [2.05, 4.69) is 24.0 Å². The van der Waals surface area contributed by atoms with Gasteiger partial charge in [0.2, 0.25) is 0 Å². The molecule has 0 N–H and O–H groups in total. The zero-order valence-electron chi connectivity index (χ0n) is 13.3. The van der Waals surface area contributed by atoms with Gasteiger partial charge in [-0.05, 0) is 39.7 Å². The fourth-order valence-corrected chi connectivity index (χ4v) is 2.97. The number of ether oxygens (including phenoxy) is 1. The van der Waals surface area contributed by atoms with E-state index in [1.165, 1.54) is 31.2 Å². The third-order valence-electron chi connectivity index (χ3n) is 4.45. The number of aryl methyl sites for hydroxylation is 2. The van der Waals surface area contributed by atoms with Gasteiger partial charge in [-0.2, -0.15) is 0 Å². The minimum atomic E-state index is 0.469. The fourth-order valence-electron chi connectivity index (χ4n) is 2.97. The Kier molecular flexibility index (Phi) is 5.61. The molecular formula is C16H28N2O2. The molecule has 2 rings (SSSR count). The molecule has 2 atom stereocenters. The van der Waals surface area contributed by atoms with Gasteiger partial charge in [-0.1, -0.05) is 24.9 Å². The van der Waals surface area contributed by atoms with E-state index in [1.807, 2.05) is 13.8 Å². The minimum absolute atomic E-state index is 0.469. The van der Waals surface area contributed by atoms with E-state index in [1.54, 1.807) is 0 Å². The van der Waals surface area contributed by atoms with E-state index < -0.39 is 0 Å². The lowest BCUT2D eigenvalue weighted by atomic mass is 9.88. The lowest BCUT2D eigenvalue weighted by Gasteiger charge is -2.29. The summed E-state index contributed by atoms with van der Waals surface area (Å²) >= 11 is 0. The van der Waals surface area contributed by atoms with Crippen LogP contribution in [0.3, 0.4) is 0 Å². The first-order valence-corrected chi connectivity index (χ1v) is 7.80. The van der Waals surface area contributed by atoms with Gasteiger partial charge in [0.25, 0.3) is 0 Å². The monoisotopic (exact) mass is 280 g/mol. The number of aromatic nitrogens is 1. The van der Waals surface area contributed by atoms with Gasteiger partial charge in [0.05, 0.1) is 18.4 Å². The first-order valence-electron chi connectivity index (χ1n) is 7.80. The topological polar surface area (TPSA) is 38.5 Å². The van der Waals surface area contributed by atoms with Crippen LogP contribution in [0.15, 0.2) is 4.52 Å². The minimum Gasteiger partial charge on any atom is -0.377 e. The maximum absolute atomic E-state index is 6.06. The number of hydrogen-bond donors (Lipinski definition) is 0. The molecule has 1 aromatic rings. The Morgan fingerprint density at radius 1 is 1.30 bits per heavy atom. The molecule has 2 unspecified atom stereocenters. The highest BCUT2D eigenvalue weighted by Crippen LogP contribution is 2.26. The molecule has 0 spiro atoms. The van der Waals surface area contributed by atoms with Crippen molar-refractivity contribution in [2.24, 2.45) is 5.92 Å². The molecule has 0 saturated heterocycles. The van der Waals surface area contributed by atoms with Gasteiger partial charge >= 0.3 is 0 Å². The Bertz CT molecular complexity index is 397. The van der Waals surface area contributed by atoms with Crippen molar-refractivity contribution in [3.05, 3.63) is 17.0 Å². The second-order valence-electron chi connectivity index (χ2n) is 6.21. The molecule has 0 bridgehead atoms. The maximum atomic E-state index is 6.06. The van der Waals surface area contributed by atoms with E-state index in [0.29, 0.717) is 6.10 Å². The quantitative estimate of drug-likeness (QED) is 0.801. The second kappa shape index (κ2) is 7.23. The van der Waals surface area contributed by atoms with Gasteiger partial charge in [-0.3, -0.25) is 4.90 Å². The molecular weight excluding hydrogens is 252 g/mol. The Hall–Kier alpha value is -0.870. The van der Waals surface area contributed by atoms with Crippen LogP contribution in [0.25, 0.3) is 0 Å². The predicted octanol–water partition coefficient (Wildman–Crippen LogP) is 3.32. The smallest absolute Gasteiger partial charge is 0.138 e. The van der Waals surface area contributed by atoms with Crippen molar-refractivity contribution in [1.29, 1.82) is 0 Å². The van der Waals surface area contributed by atoms with Crippen molar-refractivity contribution in [2.45, 2.75) is 59.1 Å². The van der Waals surface area contributed by atoms with E-state index in [0.717, 1.165) is 37.1 Å². The van der Waals surface area contributed by atoms with Crippen LogP contribution in [-0.4, -0.2) is 36.4 Å². The second-order valence-corrected chi connectivity index (χ2v) is 6.21. The number of hydrogen-bond acceptors (Lipinski definition) is 4. The number of rotatable bonds is 6. The molecule has 0 radical (unpaired) electrons. The highest BCUT2D eigenvalue weighted by molar-refractivity contribution is 5.20. The summed E-state index contributed by atoms with van der Waals surface area (Å²) in [5.41, 5.74) is 2.20. The summed E-state index contributed by atoms with van der Waals surface area (Å²) in [5.74, 6) is 1.65. The Morgan fingerprint density at radius 2 is 2.05 bits per heavy atom. The van der Waals surface area contributed by atoms with Crippen molar-refractivity contribution in [3.8, 4) is 0 Å². The zero-order valence-corrected chi connectivity index (χ0v) is 13.3. The molecule has 0 amide bonds. The van der Waals surface area contributed by atoms with Crippen molar-refractivity contribution in [3.63, 3.8) is 0 Å². The molecule has 4 heteroatoms. The van der Waals surface area contributed by atoms with E-state index >= 15 is 0 Å². The highest BCUT2D eigenvalue weighted by atomic mass is 16.5. The molecule has 4 nitrogen and oxygen atoms in total. The van der Waals surface area contributed by atoms with Crippen LogP contribution < -0.4 is 0 Å². The van der Waals surface area contributed by atoms with Gasteiger partial charge in [0, 0.05) is 18.7 Å². The van der Waals surface area contributed by atoms with Crippen LogP contribution in [0.4, 0.5) is 0 Å². The summed E-state index contributed by atoms with van der Waals surface area (Å²) in [4.78, 5) is 2.28. The Labute approximate surface area is 122 Å². The van der Waals surface area contributed by atoms with Gasteiger partial charge in [0.15, 0.2) is 0 Å². The van der Waals surface area contributed by atoms with Crippen LogP contribution in [0.1, 0.15) is 49.6 Å². The van der Waals surface area contributed by atoms with Crippen molar-refractivity contribution in [2.75, 3.05) is 20.2 Å². The molecule has 1 heterocycles. The molecule has 20 heavy (non-hydrogen) atoms. The van der Waals surface area contributed by atoms with Crippen molar-refractivity contribution in [1.82, 2.24) is 10.1 Å². The summed E-state index contributed by atoms with van der Waals surface area (Å²) in [6.45, 7) is 8.94. The predicted molar refractivity (Wildman–Crippen MR) is 79.7 cm³/mol. The standard InChI is InChI=1S/C16H28N2O2/c1-12-7-5-6-8-16(12)19-10-9-18(4)11-15-13(2)17-20-14(15)3/h12,16H,5-11H2,1-4H3. The number of likely N-dealkylation sites (N-methyl/N-ethyl adjacent to an activating group) is 1. The molecule has 0 aromatic carbocycles. The van der Waals surface area contributed by atoms with Crippen molar-refractivity contribution >= 4 is 0 Å². The first-order chi connectivity index (χ1) is 9.58. The summed E-state index contributed by atoms with van der Waals surface area (Å²) in [7, 11) is 2.12. The molecule has 114 valence electrons. The van der Waals surface area contributed by atoms with Gasteiger partial charge < -0.3 is 9.26 Å². The van der Waals surface area contributed by atoms with E-state index in [-0.39, 0.29) is 0 Å². The van der Waals surface area contributed by atoms with Crippen LogP contribution in [0.2, 0.25) is 0 Å². The van der Waals surface area contributed by atoms with E-state index in [9.17, 15) is 0 Å². The highest BCUT2D eigenvalue weighted by Gasteiger charge is 2.21. The third-order valence-corrected chi connectivity index (χ3v) is 4.45. The normalized spacial score (nSPS) is 23.4. The SMILES string of the molecule is Cc1noc(C)c1CN(C)CCOC1CCCCC1C. The van der Waals surface area contributed by atoms with Gasteiger partial charge in [-0.15, -0.1) is 0 Å². The fraction of sp³-hybridized carbons (Fsp3) is 0.812. The van der Waals surface area contributed by atoms with E-state index in [4.69, 9.17) is 9.26 Å². The molecule has 1 aliphatic carbocycles. The molecule has 0 aliphatic heterocycles. The summed E-state index contributed by atoms with van der Waals surface area (Å²) in [5, 5.41) is 4.00. The lowest BCUT2D eigenvalue weighted by molar-refractivity contribution is -0.0123. The summed E-state index contributed by atoms with van der Waals surface area (Å²) in [6, 6.07) is 0. The zero-order chi connectivity index (χ0) is 14.5. The van der Waals surface area contributed by atoms with Gasteiger partial charge in [0.1, 0.15) is 5.76 Å². The lowest BCUT2D eigenvalue weighted by Crippen LogP contribution is -2.30. The molecule has 1 fully saturated rings. The third kappa shape index (κ3) is 4.06. The van der Waals surface area contributed by atoms with Crippen LogP contribution in [0, 0.1) is 19.8 Å². The summed E-state index contributed by atoms with van der Waals surface area (Å²) in [6.07, 6.45) is 5.71. The van der Waals surface area contributed by atoms with Crippen molar-refractivity contribution < 1.29 is 9.26 Å². The summed E-state index contributed by atoms with van der Waals surface area (Å²) < 4.78 is 11.3. The molecule has 1 saturated carbocycles. The molecule has 1 aromatic heterocycles. The first kappa shape index (κ1) is 15.5. The largest absolute Gasteiger partial charge is 0.377 e. The van der Waals surface area contributed by atoms with Crippen LogP contribution >= 0.6 is 0 Å². The van der Waals surface area contributed by atoms with Crippen LogP contribution in [-0.2, 0) is 11.3 Å². The number of nitrogens with zero attached hydrogens (tertiary/aromatic N) is 2. The average Bonchev–Trinajstić information content (AvgIpc) is 2.73. The molecule has 1 aliphatic rings. The maximum Gasteiger partial charge on any atom is 0.138 e. The van der Waals surface area contributed by atoms with Crippen LogP contribution in [0.5, 0.6) is 0 Å². The Morgan fingerprint density at radius 3 is 2.70 bits per heavy atom. The van der Waals surface area contributed by atoms with Gasteiger partial charge in [-0.25, -0.2) is 0 Å².